The lowest BCUT2D eigenvalue weighted by Crippen LogP contribution is -2.45. The summed E-state index contributed by atoms with van der Waals surface area (Å²) >= 11 is 0. The Morgan fingerprint density at radius 3 is 2.69 bits per heavy atom. The third-order valence-corrected chi connectivity index (χ3v) is 6.44. The third kappa shape index (κ3) is 4.20. The summed E-state index contributed by atoms with van der Waals surface area (Å²) in [6.07, 6.45) is 3.56. The zero-order chi connectivity index (χ0) is 18.7. The van der Waals surface area contributed by atoms with Crippen LogP contribution in [0.15, 0.2) is 36.5 Å². The highest BCUT2D eigenvalue weighted by Crippen LogP contribution is 2.28. The number of anilines is 2. The Kier molecular flexibility index (Phi) is 5.55. The molecule has 1 fully saturated rings. The van der Waals surface area contributed by atoms with Crippen molar-refractivity contribution in [2.45, 2.75) is 25.7 Å². The molecule has 26 heavy (non-hydrogen) atoms. The molecular formula is C18H25N5O2S. The Labute approximate surface area is 155 Å². The van der Waals surface area contributed by atoms with Crippen molar-refractivity contribution in [1.29, 1.82) is 0 Å². The highest BCUT2D eigenvalue weighted by Gasteiger charge is 2.31. The number of piperidine rings is 1. The van der Waals surface area contributed by atoms with E-state index in [2.05, 4.69) is 15.3 Å². The van der Waals surface area contributed by atoms with Gasteiger partial charge in [0, 0.05) is 44.5 Å². The standard InChI is InChI=1S/C18H25N5O2S/c1-14-6-4-8-18(20-14)21-16-9-10-17(19-12-16)15-7-5-11-23(13-15)26(24,25)22(2)3/h4,6,8-10,12,15H,5,7,11,13H2,1-3H3,(H,20,21)/t15-/m1/s1. The van der Waals surface area contributed by atoms with Crippen molar-refractivity contribution in [3.8, 4) is 0 Å². The Morgan fingerprint density at radius 1 is 1.23 bits per heavy atom. The van der Waals surface area contributed by atoms with E-state index in [1.807, 2.05) is 37.3 Å². The van der Waals surface area contributed by atoms with Crippen molar-refractivity contribution in [2.75, 3.05) is 32.5 Å². The minimum absolute atomic E-state index is 0.115. The van der Waals surface area contributed by atoms with Crippen molar-refractivity contribution < 1.29 is 8.42 Å². The molecule has 2 aromatic heterocycles. The maximum atomic E-state index is 12.4. The molecule has 0 aromatic carbocycles. The van der Waals surface area contributed by atoms with Crippen molar-refractivity contribution in [3.05, 3.63) is 47.9 Å². The first-order chi connectivity index (χ1) is 12.4. The summed E-state index contributed by atoms with van der Waals surface area (Å²) in [4.78, 5) is 8.97. The van der Waals surface area contributed by atoms with Crippen LogP contribution < -0.4 is 5.32 Å². The molecule has 1 aliphatic heterocycles. The van der Waals surface area contributed by atoms with Gasteiger partial charge in [0.1, 0.15) is 5.82 Å². The van der Waals surface area contributed by atoms with Gasteiger partial charge in [0.15, 0.2) is 0 Å². The molecule has 8 heteroatoms. The van der Waals surface area contributed by atoms with Gasteiger partial charge in [0.2, 0.25) is 0 Å². The number of nitrogens with zero attached hydrogens (tertiary/aromatic N) is 4. The van der Waals surface area contributed by atoms with Crippen LogP contribution in [0.25, 0.3) is 0 Å². The van der Waals surface area contributed by atoms with E-state index in [0.29, 0.717) is 13.1 Å². The fourth-order valence-corrected chi connectivity index (χ4v) is 4.30. The van der Waals surface area contributed by atoms with Gasteiger partial charge in [0.25, 0.3) is 10.2 Å². The lowest BCUT2D eigenvalue weighted by Gasteiger charge is -2.33. The first-order valence-electron chi connectivity index (χ1n) is 8.70. The minimum atomic E-state index is -3.38. The Morgan fingerprint density at radius 2 is 2.04 bits per heavy atom. The molecule has 2 aromatic rings. The molecule has 0 bridgehead atoms. The maximum Gasteiger partial charge on any atom is 0.281 e. The van der Waals surface area contributed by atoms with Gasteiger partial charge < -0.3 is 5.32 Å². The summed E-state index contributed by atoms with van der Waals surface area (Å²) in [7, 11) is -0.243. The van der Waals surface area contributed by atoms with Crippen LogP contribution in [0, 0.1) is 6.92 Å². The fourth-order valence-electron chi connectivity index (χ4n) is 3.11. The Bertz CT molecular complexity index is 852. The maximum absolute atomic E-state index is 12.4. The topological polar surface area (TPSA) is 78.4 Å². The van der Waals surface area contributed by atoms with Gasteiger partial charge in [-0.1, -0.05) is 6.07 Å². The molecule has 0 aliphatic carbocycles. The number of hydrogen-bond donors (Lipinski definition) is 1. The normalized spacial score (nSPS) is 18.8. The zero-order valence-electron chi connectivity index (χ0n) is 15.4. The summed E-state index contributed by atoms with van der Waals surface area (Å²) in [5.74, 6) is 0.894. The molecule has 3 rings (SSSR count). The van der Waals surface area contributed by atoms with Gasteiger partial charge >= 0.3 is 0 Å². The molecule has 0 amide bonds. The predicted octanol–water partition coefficient (Wildman–Crippen LogP) is 2.51. The van der Waals surface area contributed by atoms with Crippen LogP contribution >= 0.6 is 0 Å². The molecule has 1 saturated heterocycles. The van der Waals surface area contributed by atoms with Crippen molar-refractivity contribution in [3.63, 3.8) is 0 Å². The van der Waals surface area contributed by atoms with Crippen molar-refractivity contribution >= 4 is 21.7 Å². The summed E-state index contributed by atoms with van der Waals surface area (Å²) in [5, 5.41) is 3.24. The number of rotatable bonds is 5. The largest absolute Gasteiger partial charge is 0.339 e. The quantitative estimate of drug-likeness (QED) is 0.869. The lowest BCUT2D eigenvalue weighted by atomic mass is 9.95. The minimum Gasteiger partial charge on any atom is -0.339 e. The molecule has 1 aliphatic rings. The average molecular weight is 375 g/mol. The predicted molar refractivity (Wildman–Crippen MR) is 103 cm³/mol. The molecule has 0 spiro atoms. The van der Waals surface area contributed by atoms with Crippen LogP contribution in [0.3, 0.4) is 0 Å². The molecular weight excluding hydrogens is 350 g/mol. The van der Waals surface area contributed by atoms with E-state index in [4.69, 9.17) is 0 Å². The van der Waals surface area contributed by atoms with Crippen LogP contribution in [-0.4, -0.2) is 54.2 Å². The molecule has 3 heterocycles. The van der Waals surface area contributed by atoms with Crippen LogP contribution in [0.5, 0.6) is 0 Å². The lowest BCUT2D eigenvalue weighted by molar-refractivity contribution is 0.296. The van der Waals surface area contributed by atoms with E-state index >= 15 is 0 Å². The molecule has 140 valence electrons. The molecule has 1 atom stereocenters. The van der Waals surface area contributed by atoms with E-state index in [1.165, 1.54) is 4.31 Å². The highest BCUT2D eigenvalue weighted by atomic mass is 32.2. The molecule has 1 N–H and O–H groups in total. The highest BCUT2D eigenvalue weighted by molar-refractivity contribution is 7.86. The van der Waals surface area contributed by atoms with E-state index in [9.17, 15) is 8.42 Å². The molecule has 0 saturated carbocycles. The van der Waals surface area contributed by atoms with Gasteiger partial charge in [0.05, 0.1) is 11.9 Å². The summed E-state index contributed by atoms with van der Waals surface area (Å²) < 4.78 is 27.5. The van der Waals surface area contributed by atoms with Crippen LogP contribution in [0.1, 0.15) is 30.1 Å². The van der Waals surface area contributed by atoms with E-state index < -0.39 is 10.2 Å². The second kappa shape index (κ2) is 7.69. The number of pyridine rings is 2. The smallest absolute Gasteiger partial charge is 0.281 e. The van der Waals surface area contributed by atoms with Gasteiger partial charge in [-0.2, -0.15) is 17.0 Å². The third-order valence-electron chi connectivity index (χ3n) is 4.54. The van der Waals surface area contributed by atoms with Gasteiger partial charge in [-0.25, -0.2) is 4.98 Å². The SMILES string of the molecule is Cc1cccc(Nc2ccc([C@@H]3CCCN(S(=O)(=O)N(C)C)C3)nc2)n1. The first-order valence-corrected chi connectivity index (χ1v) is 10.1. The van der Waals surface area contributed by atoms with E-state index in [1.54, 1.807) is 24.6 Å². The van der Waals surface area contributed by atoms with Gasteiger partial charge in [-0.15, -0.1) is 0 Å². The second-order valence-electron chi connectivity index (χ2n) is 6.75. The summed E-state index contributed by atoms with van der Waals surface area (Å²) in [6.45, 7) is 2.98. The zero-order valence-corrected chi connectivity index (χ0v) is 16.2. The molecule has 0 unspecified atom stereocenters. The monoisotopic (exact) mass is 375 g/mol. The van der Waals surface area contributed by atoms with E-state index in [-0.39, 0.29) is 5.92 Å². The molecule has 0 radical (unpaired) electrons. The van der Waals surface area contributed by atoms with Crippen molar-refractivity contribution in [2.24, 2.45) is 0 Å². The van der Waals surface area contributed by atoms with E-state index in [0.717, 1.165) is 35.7 Å². The fraction of sp³-hybridized carbons (Fsp3) is 0.444. The van der Waals surface area contributed by atoms with Gasteiger partial charge in [-0.05, 0) is 44.0 Å². The van der Waals surface area contributed by atoms with Gasteiger partial charge in [-0.3, -0.25) is 4.98 Å². The summed E-state index contributed by atoms with van der Waals surface area (Å²) in [6, 6.07) is 9.74. The Hall–Kier alpha value is -2.03. The number of nitrogens with one attached hydrogen (secondary N) is 1. The van der Waals surface area contributed by atoms with Crippen molar-refractivity contribution in [1.82, 2.24) is 18.6 Å². The molecule has 7 nitrogen and oxygen atoms in total. The summed E-state index contributed by atoms with van der Waals surface area (Å²) in [5.41, 5.74) is 2.73. The second-order valence-corrected chi connectivity index (χ2v) is 8.89. The van der Waals surface area contributed by atoms with Crippen LogP contribution in [-0.2, 0) is 10.2 Å². The Balaban J connectivity index is 1.70. The average Bonchev–Trinajstić information content (AvgIpc) is 2.62. The first kappa shape index (κ1) is 18.8. The number of aryl methyl sites for hydroxylation is 1. The van der Waals surface area contributed by atoms with Crippen LogP contribution in [0.2, 0.25) is 0 Å². The number of aromatic nitrogens is 2. The number of hydrogen-bond acceptors (Lipinski definition) is 5. The van der Waals surface area contributed by atoms with Crippen LogP contribution in [0.4, 0.5) is 11.5 Å².